The molecule has 0 unspecified atom stereocenters. The van der Waals surface area contributed by atoms with Crippen LogP contribution in [0.4, 0.5) is 4.79 Å². The first-order valence-corrected chi connectivity index (χ1v) is 20.6. The molecule has 15 nitrogen and oxygen atoms in total. The number of likely N-dealkylation sites (tertiary alicyclic amines) is 1. The molecule has 0 aliphatic carbocycles. The Balaban J connectivity index is 1.37. The number of hydrogen-bond acceptors (Lipinski definition) is 9. The summed E-state index contributed by atoms with van der Waals surface area (Å²) in [6, 6.07) is 22.4. The van der Waals surface area contributed by atoms with Gasteiger partial charge in [0.05, 0.1) is 13.4 Å². The Labute approximate surface area is 357 Å². The summed E-state index contributed by atoms with van der Waals surface area (Å²) in [5.41, 5.74) is 2.35. The number of ether oxygens (including phenoxy) is 2. The molecule has 324 valence electrons. The first-order chi connectivity index (χ1) is 29.2. The monoisotopic (exact) mass is 835 g/mol. The fourth-order valence-electron chi connectivity index (χ4n) is 7.23. The predicted molar refractivity (Wildman–Crippen MR) is 228 cm³/mol. The van der Waals surface area contributed by atoms with Crippen LogP contribution in [0.3, 0.4) is 0 Å². The molecule has 1 aliphatic heterocycles. The molecule has 2 heterocycles. The van der Waals surface area contributed by atoms with Gasteiger partial charge in [0.15, 0.2) is 0 Å². The molecule has 1 aromatic heterocycles. The maximum Gasteiger partial charge on any atom is 0.408 e. The van der Waals surface area contributed by atoms with Gasteiger partial charge in [-0.05, 0) is 63.1 Å². The van der Waals surface area contributed by atoms with Crippen molar-refractivity contribution >= 4 is 35.7 Å². The number of imidazole rings is 1. The van der Waals surface area contributed by atoms with Gasteiger partial charge in [-0.1, -0.05) is 91.0 Å². The zero-order valence-corrected chi connectivity index (χ0v) is 35.5. The normalized spacial score (nSPS) is 15.7. The number of nitrogens with zero attached hydrogens (tertiary/aromatic N) is 3. The van der Waals surface area contributed by atoms with E-state index in [1.807, 2.05) is 91.0 Å². The highest BCUT2D eigenvalue weighted by Gasteiger charge is 2.40. The fraction of sp³-hybridized carbons (Fsp3) is 0.413. The van der Waals surface area contributed by atoms with Crippen LogP contribution in [-0.2, 0) is 66.2 Å². The standard InChI is InChI=1S/C46H57N7O8/c1-46(2,3)61-45(59)51-37(28-34-29-47-30-52(34)4)43(57)53-25-15-22-39(53)42(56)48-35(24-23-31-16-9-6-10-17-31)40(54)49-36(26-32-18-11-7-12-19-32)41(55)50-38(44(58)60-5)27-33-20-13-8-14-21-33/h6-14,16-21,29-30,35-39H,15,22-28H2,1-5H3,(H,48,56)(H,49,54)(H,50,55)(H,51,59)/t35-,36+,37-,38-,39+/m0/s1. The Morgan fingerprint density at radius 3 is 1.84 bits per heavy atom. The molecule has 15 heteroatoms. The van der Waals surface area contributed by atoms with Gasteiger partial charge in [-0.3, -0.25) is 19.2 Å². The molecule has 61 heavy (non-hydrogen) atoms. The Morgan fingerprint density at radius 1 is 0.721 bits per heavy atom. The quantitative estimate of drug-likeness (QED) is 0.109. The zero-order valence-electron chi connectivity index (χ0n) is 35.5. The summed E-state index contributed by atoms with van der Waals surface area (Å²) in [5.74, 6) is -2.90. The Morgan fingerprint density at radius 2 is 1.28 bits per heavy atom. The minimum Gasteiger partial charge on any atom is -0.467 e. The van der Waals surface area contributed by atoms with Crippen molar-refractivity contribution in [2.75, 3.05) is 13.7 Å². The summed E-state index contributed by atoms with van der Waals surface area (Å²) in [5, 5.41) is 11.3. The third kappa shape index (κ3) is 13.8. The second-order valence-electron chi connectivity index (χ2n) is 16.2. The van der Waals surface area contributed by atoms with Crippen molar-refractivity contribution < 1.29 is 38.2 Å². The molecule has 0 saturated carbocycles. The molecule has 1 fully saturated rings. The van der Waals surface area contributed by atoms with Crippen molar-refractivity contribution in [3.8, 4) is 0 Å². The van der Waals surface area contributed by atoms with Crippen LogP contribution in [0.1, 0.15) is 62.4 Å². The van der Waals surface area contributed by atoms with Gasteiger partial charge in [0.25, 0.3) is 0 Å². The Bertz CT molecular complexity index is 2090. The van der Waals surface area contributed by atoms with E-state index in [4.69, 9.17) is 9.47 Å². The SMILES string of the molecule is COC(=O)[C@H](Cc1ccccc1)NC(=O)[C@@H](Cc1ccccc1)NC(=O)[C@H](CCc1ccccc1)NC(=O)[C@H]1CCCN1C(=O)[C@H](Cc1cncn1C)NC(=O)OC(C)(C)C. The lowest BCUT2D eigenvalue weighted by atomic mass is 10.0. The van der Waals surface area contributed by atoms with Gasteiger partial charge >= 0.3 is 12.1 Å². The summed E-state index contributed by atoms with van der Waals surface area (Å²) in [4.78, 5) is 88.5. The van der Waals surface area contributed by atoms with Crippen molar-refractivity contribution in [2.45, 2.75) is 102 Å². The Hall–Kier alpha value is -6.51. The number of carbonyl (C=O) groups excluding carboxylic acids is 6. The fourth-order valence-corrected chi connectivity index (χ4v) is 7.23. The molecular formula is C46H57N7O8. The average Bonchev–Trinajstić information content (AvgIpc) is 3.90. The summed E-state index contributed by atoms with van der Waals surface area (Å²) < 4.78 is 12.3. The van der Waals surface area contributed by atoms with Gasteiger partial charge in [0.1, 0.15) is 35.8 Å². The molecule has 0 radical (unpaired) electrons. The van der Waals surface area contributed by atoms with Crippen LogP contribution in [0.25, 0.3) is 0 Å². The molecular weight excluding hydrogens is 779 g/mol. The first-order valence-electron chi connectivity index (χ1n) is 20.6. The third-order valence-corrected chi connectivity index (χ3v) is 10.4. The number of aryl methyl sites for hydroxylation is 2. The maximum atomic E-state index is 14.4. The van der Waals surface area contributed by atoms with Gasteiger partial charge in [-0.2, -0.15) is 0 Å². The van der Waals surface area contributed by atoms with E-state index in [2.05, 4.69) is 26.3 Å². The van der Waals surface area contributed by atoms with Crippen molar-refractivity contribution in [3.05, 3.63) is 126 Å². The number of carbonyl (C=O) groups is 6. The summed E-state index contributed by atoms with van der Waals surface area (Å²) >= 11 is 0. The minimum atomic E-state index is -1.15. The number of nitrogens with one attached hydrogen (secondary N) is 4. The summed E-state index contributed by atoms with van der Waals surface area (Å²) in [6.07, 6.45) is 4.17. The van der Waals surface area contributed by atoms with Crippen LogP contribution < -0.4 is 21.3 Å². The number of rotatable bonds is 18. The highest BCUT2D eigenvalue weighted by molar-refractivity contribution is 5.96. The van der Waals surface area contributed by atoms with Crippen LogP contribution in [0.15, 0.2) is 104 Å². The van der Waals surface area contributed by atoms with E-state index in [0.717, 1.165) is 16.7 Å². The average molecular weight is 836 g/mol. The largest absolute Gasteiger partial charge is 0.467 e. The van der Waals surface area contributed by atoms with E-state index >= 15 is 0 Å². The number of amides is 5. The van der Waals surface area contributed by atoms with Crippen molar-refractivity contribution in [3.63, 3.8) is 0 Å². The van der Waals surface area contributed by atoms with Crippen LogP contribution in [0.5, 0.6) is 0 Å². The predicted octanol–water partition coefficient (Wildman–Crippen LogP) is 3.59. The van der Waals surface area contributed by atoms with E-state index in [1.54, 1.807) is 44.9 Å². The summed E-state index contributed by atoms with van der Waals surface area (Å²) in [7, 11) is 3.02. The van der Waals surface area contributed by atoms with E-state index in [1.165, 1.54) is 12.0 Å². The molecule has 1 aliphatic rings. The van der Waals surface area contributed by atoms with Crippen LogP contribution >= 0.6 is 0 Å². The molecule has 4 aromatic rings. The van der Waals surface area contributed by atoms with Gasteiger partial charge in [-0.15, -0.1) is 0 Å². The topological polar surface area (TPSA) is 190 Å². The molecule has 4 N–H and O–H groups in total. The third-order valence-electron chi connectivity index (χ3n) is 10.4. The minimum absolute atomic E-state index is 0.0879. The smallest absolute Gasteiger partial charge is 0.408 e. The van der Waals surface area contributed by atoms with Crippen LogP contribution in [0, 0.1) is 0 Å². The number of alkyl carbamates (subject to hydrolysis) is 1. The van der Waals surface area contributed by atoms with Gasteiger partial charge in [0.2, 0.25) is 23.6 Å². The molecule has 1 saturated heterocycles. The number of methoxy groups -OCH3 is 1. The lowest BCUT2D eigenvalue weighted by molar-refractivity contribution is -0.145. The zero-order chi connectivity index (χ0) is 43.9. The molecule has 3 aromatic carbocycles. The van der Waals surface area contributed by atoms with Gasteiger partial charge in [-0.25, -0.2) is 14.6 Å². The first kappa shape index (κ1) is 45.6. The highest BCUT2D eigenvalue weighted by Crippen LogP contribution is 2.21. The Kier molecular flexibility index (Phi) is 16.2. The van der Waals surface area contributed by atoms with E-state index in [0.29, 0.717) is 25.0 Å². The number of hydrogen-bond donors (Lipinski definition) is 4. The molecule has 0 bridgehead atoms. The van der Waals surface area contributed by atoms with Gasteiger partial charge in [0, 0.05) is 44.7 Å². The highest BCUT2D eigenvalue weighted by atomic mass is 16.6. The lowest BCUT2D eigenvalue weighted by Crippen LogP contribution is -2.59. The molecule has 0 spiro atoms. The van der Waals surface area contributed by atoms with Crippen molar-refractivity contribution in [1.82, 2.24) is 35.7 Å². The van der Waals surface area contributed by atoms with Crippen molar-refractivity contribution in [2.24, 2.45) is 7.05 Å². The molecule has 5 rings (SSSR count). The van der Waals surface area contributed by atoms with E-state index in [-0.39, 0.29) is 32.2 Å². The number of aromatic nitrogens is 2. The number of esters is 1. The van der Waals surface area contributed by atoms with Crippen LogP contribution in [0.2, 0.25) is 0 Å². The van der Waals surface area contributed by atoms with E-state index < -0.39 is 71.5 Å². The van der Waals surface area contributed by atoms with Crippen molar-refractivity contribution in [1.29, 1.82) is 0 Å². The van der Waals surface area contributed by atoms with Gasteiger partial charge < -0.3 is 40.2 Å². The number of benzene rings is 3. The maximum absolute atomic E-state index is 14.4. The summed E-state index contributed by atoms with van der Waals surface area (Å²) in [6.45, 7) is 5.41. The van der Waals surface area contributed by atoms with E-state index in [9.17, 15) is 28.8 Å². The molecule has 5 atom stereocenters. The van der Waals surface area contributed by atoms with Crippen LogP contribution in [-0.4, -0.2) is 99.6 Å². The molecule has 5 amide bonds. The second-order valence-corrected chi connectivity index (χ2v) is 16.2. The lowest BCUT2D eigenvalue weighted by Gasteiger charge is -2.31. The second kappa shape index (κ2) is 21.7.